The van der Waals surface area contributed by atoms with Gasteiger partial charge in [0.2, 0.25) is 6.29 Å². The Morgan fingerprint density at radius 3 is 1.35 bits per heavy atom. The highest BCUT2D eigenvalue weighted by atomic mass is 28.3. The summed E-state index contributed by atoms with van der Waals surface area (Å²) in [4.78, 5) is 45.9. The van der Waals surface area contributed by atoms with E-state index >= 15 is 0 Å². The highest BCUT2D eigenvalue weighted by molar-refractivity contribution is 7.00. The Kier molecular flexibility index (Phi) is 13.2. The number of carbonyl (C=O) groups is 2. The van der Waals surface area contributed by atoms with Crippen LogP contribution in [0.15, 0.2) is 97.6 Å². The van der Waals surface area contributed by atoms with Gasteiger partial charge in [-0.3, -0.25) is 9.78 Å². The lowest BCUT2D eigenvalue weighted by Gasteiger charge is -2.23. The van der Waals surface area contributed by atoms with Crippen molar-refractivity contribution in [1.82, 2.24) is 0 Å². The minimum absolute atomic E-state index is 0.325. The van der Waals surface area contributed by atoms with Crippen LogP contribution in [0.1, 0.15) is 67.2 Å². The van der Waals surface area contributed by atoms with Crippen LogP contribution in [0, 0.1) is 0 Å². The van der Waals surface area contributed by atoms with Crippen LogP contribution < -0.4 is 10.4 Å². The van der Waals surface area contributed by atoms with Gasteiger partial charge in [0.25, 0.3) is 0 Å². The molecule has 8 heteroatoms. The van der Waals surface area contributed by atoms with Crippen LogP contribution in [0.4, 0.5) is 0 Å². The maximum atomic E-state index is 12.6. The lowest BCUT2D eigenvalue weighted by atomic mass is 10.2. The molecule has 0 saturated carbocycles. The van der Waals surface area contributed by atoms with E-state index in [1.807, 2.05) is 47.1 Å². The summed E-state index contributed by atoms with van der Waals surface area (Å²) in [6, 6.07) is 16.2. The summed E-state index contributed by atoms with van der Waals surface area (Å²) in [6.07, 6.45) is 1.93. The van der Waals surface area contributed by atoms with Crippen LogP contribution >= 0.6 is 0 Å². The number of benzene rings is 2. The van der Waals surface area contributed by atoms with Crippen LogP contribution in [0.5, 0.6) is 0 Å². The Labute approximate surface area is 240 Å². The van der Waals surface area contributed by atoms with Crippen molar-refractivity contribution in [2.75, 3.05) is 0 Å². The van der Waals surface area contributed by atoms with Crippen LogP contribution in [0.25, 0.3) is 0 Å². The Hall–Kier alpha value is -3.31. The Morgan fingerprint density at radius 2 is 1.05 bits per heavy atom. The molecular weight excluding hydrogens is 537 g/mol. The van der Waals surface area contributed by atoms with E-state index in [1.165, 1.54) is 0 Å². The van der Waals surface area contributed by atoms with Gasteiger partial charge in [0.05, 0.1) is 11.1 Å². The van der Waals surface area contributed by atoms with Gasteiger partial charge in [0, 0.05) is 6.42 Å². The molecule has 0 N–H and O–H groups in total. The first-order valence-electron chi connectivity index (χ1n) is 13.8. The molecule has 0 aromatic heterocycles. The van der Waals surface area contributed by atoms with Crippen LogP contribution in [-0.4, -0.2) is 34.4 Å². The van der Waals surface area contributed by atoms with Crippen LogP contribution in [0.3, 0.4) is 0 Å². The van der Waals surface area contributed by atoms with Gasteiger partial charge in [-0.05, 0) is 42.8 Å². The average Bonchev–Trinajstić information content (AvgIpc) is 3.01. The van der Waals surface area contributed by atoms with E-state index < -0.39 is 34.4 Å². The smallest absolute Gasteiger partial charge is 0.290 e. The number of hydrogen-bond donors (Lipinski definition) is 0. The summed E-state index contributed by atoms with van der Waals surface area (Å²) in [7, 11) is -4.01. The predicted molar refractivity (Wildman–Crippen MR) is 166 cm³/mol. The first-order chi connectivity index (χ1) is 19.3. The molecule has 0 aliphatic carbocycles. The summed E-state index contributed by atoms with van der Waals surface area (Å²) in [6.45, 7) is 22.2. The van der Waals surface area contributed by atoms with Crippen molar-refractivity contribution in [1.29, 1.82) is 0 Å². The summed E-state index contributed by atoms with van der Waals surface area (Å²) < 4.78 is 0. The molecule has 0 radical (unpaired) electrons. The zero-order chi connectivity index (χ0) is 29.6. The summed E-state index contributed by atoms with van der Waals surface area (Å²) in [5.74, 6) is -1.35. The molecule has 2 aromatic rings. The van der Waals surface area contributed by atoms with Gasteiger partial charge in [0.15, 0.2) is 0 Å². The van der Waals surface area contributed by atoms with Crippen LogP contribution in [0.2, 0.25) is 12.1 Å². The molecule has 0 bridgehead atoms. The molecule has 0 amide bonds. The monoisotopic (exact) mass is 578 g/mol. The average molecular weight is 579 g/mol. The summed E-state index contributed by atoms with van der Waals surface area (Å²) in [5.41, 5.74) is 8.57. The molecule has 0 fully saturated rings. The molecule has 0 atom stereocenters. The van der Waals surface area contributed by atoms with Gasteiger partial charge in [-0.1, -0.05) is 91.0 Å². The van der Waals surface area contributed by atoms with Gasteiger partial charge in [-0.2, -0.15) is 0 Å². The quantitative estimate of drug-likeness (QED) is 0.0643. The fraction of sp³-hybridized carbons (Fsp3) is 0.312. The van der Waals surface area contributed by atoms with E-state index in [-0.39, 0.29) is 0 Å². The number of hydrogen-bond acceptors (Lipinski definition) is 6. The third-order valence-electron chi connectivity index (χ3n) is 7.45. The highest BCUT2D eigenvalue weighted by Gasteiger charge is 2.28. The van der Waals surface area contributed by atoms with Crippen molar-refractivity contribution in [3.8, 4) is 0 Å². The largest absolute Gasteiger partial charge is 0.373 e. The van der Waals surface area contributed by atoms with E-state index in [1.54, 1.807) is 24.3 Å². The minimum Gasteiger partial charge on any atom is -0.290 e. The van der Waals surface area contributed by atoms with Crippen molar-refractivity contribution in [2.45, 2.75) is 64.8 Å². The number of rotatable bonds is 18. The molecule has 0 aliphatic heterocycles. The molecule has 0 saturated heterocycles. The van der Waals surface area contributed by atoms with E-state index in [0.717, 1.165) is 41.7 Å². The van der Waals surface area contributed by atoms with Crippen molar-refractivity contribution in [3.63, 3.8) is 0 Å². The second kappa shape index (κ2) is 16.1. The third-order valence-corrected chi connectivity index (χ3v) is 15.5. The normalized spacial score (nSPS) is 11.5. The SMILES string of the molecule is C=C[Si](C=C)(CC)c1ccc(C(=O)OOC(CCCCC)OOC(=O)c2ccc([Si](C=C)(C=C)CC)cc2)cc1. The Bertz CT molecular complexity index is 1050. The maximum absolute atomic E-state index is 12.6. The lowest BCUT2D eigenvalue weighted by molar-refractivity contribution is -0.421. The van der Waals surface area contributed by atoms with Crippen molar-refractivity contribution >= 4 is 38.5 Å². The standard InChI is InChI=1S/C32H42O6Si2/c1-8-15-16-17-30(35-37-31(33)26-18-22-28(23-19-26)39(9-2,10-3)11-4)36-38-32(34)27-20-24-29(25-21-27)40(12-5,13-6)14-7/h9-10,12-13,18-25,30H,2-3,5-6,8,11,14-17H2,1,4,7H3. The first kappa shape index (κ1) is 32.9. The molecule has 214 valence electrons. The summed E-state index contributed by atoms with van der Waals surface area (Å²) >= 11 is 0. The molecule has 2 rings (SSSR count). The molecule has 0 aliphatic rings. The van der Waals surface area contributed by atoms with Gasteiger partial charge in [-0.25, -0.2) is 9.59 Å². The number of carbonyl (C=O) groups excluding carboxylic acids is 2. The molecule has 40 heavy (non-hydrogen) atoms. The zero-order valence-electron chi connectivity index (χ0n) is 24.0. The molecule has 0 heterocycles. The minimum atomic E-state index is -2.01. The third kappa shape index (κ3) is 8.11. The first-order valence-corrected chi connectivity index (χ1v) is 18.5. The van der Waals surface area contributed by atoms with Gasteiger partial charge < -0.3 is 0 Å². The molecule has 0 unspecified atom stereocenters. The van der Waals surface area contributed by atoms with Gasteiger partial charge >= 0.3 is 11.9 Å². The van der Waals surface area contributed by atoms with Crippen molar-refractivity contribution in [2.24, 2.45) is 0 Å². The second-order valence-electron chi connectivity index (χ2n) is 9.62. The fourth-order valence-electron chi connectivity index (χ4n) is 4.42. The van der Waals surface area contributed by atoms with Crippen LogP contribution in [-0.2, 0) is 19.6 Å². The molecule has 6 nitrogen and oxygen atoms in total. The van der Waals surface area contributed by atoms with E-state index in [4.69, 9.17) is 19.6 Å². The van der Waals surface area contributed by atoms with Gasteiger partial charge in [-0.15, -0.1) is 36.1 Å². The topological polar surface area (TPSA) is 71.1 Å². The van der Waals surface area contributed by atoms with E-state index in [9.17, 15) is 9.59 Å². The Morgan fingerprint density at radius 1 is 0.675 bits per heavy atom. The van der Waals surface area contributed by atoms with Gasteiger partial charge in [0.1, 0.15) is 16.1 Å². The van der Waals surface area contributed by atoms with E-state index in [2.05, 4.69) is 47.1 Å². The zero-order valence-corrected chi connectivity index (χ0v) is 26.0. The predicted octanol–water partition coefficient (Wildman–Crippen LogP) is 6.72. The highest BCUT2D eigenvalue weighted by Crippen LogP contribution is 2.16. The van der Waals surface area contributed by atoms with E-state index in [0.29, 0.717) is 17.5 Å². The van der Waals surface area contributed by atoms with Crippen molar-refractivity contribution in [3.05, 3.63) is 109 Å². The number of unbranched alkanes of at least 4 members (excludes halogenated alkanes) is 2. The fourth-order valence-corrected chi connectivity index (χ4v) is 9.24. The Balaban J connectivity index is 2.03. The molecule has 2 aromatic carbocycles. The second-order valence-corrected chi connectivity index (χ2v) is 18.0. The maximum Gasteiger partial charge on any atom is 0.373 e. The summed E-state index contributed by atoms with van der Waals surface area (Å²) in [5, 5.41) is 2.21. The van der Waals surface area contributed by atoms with Crippen molar-refractivity contribution < 1.29 is 29.1 Å². The lowest BCUT2D eigenvalue weighted by Crippen LogP contribution is -2.43. The molecular formula is C32H42O6Si2. The molecule has 0 spiro atoms.